The molecule has 14 nitrogen and oxygen atoms in total. The van der Waals surface area contributed by atoms with E-state index in [1.54, 1.807) is 60.7 Å². The monoisotopic (exact) mass is 912 g/mol. The van der Waals surface area contributed by atoms with E-state index in [9.17, 15) is 44.8 Å². The molecule has 8 rings (SSSR count). The van der Waals surface area contributed by atoms with Gasteiger partial charge in [-0.3, -0.25) is 38.1 Å². The van der Waals surface area contributed by atoms with Crippen LogP contribution in [0.1, 0.15) is 63.7 Å². The Morgan fingerprint density at radius 2 is 0.766 bits per heavy atom. The Morgan fingerprint density at radius 1 is 0.469 bits per heavy atom. The third kappa shape index (κ3) is 10.8. The molecule has 0 atom stereocenters. The van der Waals surface area contributed by atoms with Crippen LogP contribution in [-0.4, -0.2) is 85.5 Å². The van der Waals surface area contributed by atoms with Crippen molar-refractivity contribution >= 4 is 54.6 Å². The highest BCUT2D eigenvalue weighted by Crippen LogP contribution is 2.37. The molecule has 0 radical (unpaired) electrons. The molecule has 18 heteroatoms. The van der Waals surface area contributed by atoms with Crippen LogP contribution in [0.25, 0.3) is 10.8 Å². The summed E-state index contributed by atoms with van der Waals surface area (Å²) in [7, 11) is -8.04. The van der Waals surface area contributed by atoms with Gasteiger partial charge in [-0.15, -0.1) is 0 Å². The van der Waals surface area contributed by atoms with E-state index in [0.29, 0.717) is 21.9 Å². The molecule has 332 valence electrons. The second-order valence-electron chi connectivity index (χ2n) is 14.7. The molecule has 2 heterocycles. The SMILES string of the molecule is Cc1ccc(S(=O)(=O)O)cc1.Cc1ccc(S(=O)(=O)O)cc1.O=C1c2ccc3c4c(ccc(c24)C(=O)N1CCNCc1ccccc1F)C(=O)N(CCNCc1ccccc1F)C3=O. The van der Waals surface area contributed by atoms with Crippen LogP contribution >= 0.6 is 0 Å². The van der Waals surface area contributed by atoms with Gasteiger partial charge >= 0.3 is 0 Å². The van der Waals surface area contributed by atoms with Crippen LogP contribution in [0, 0.1) is 25.5 Å². The van der Waals surface area contributed by atoms with Gasteiger partial charge in [0, 0.05) is 83.4 Å². The summed E-state index contributed by atoms with van der Waals surface area (Å²) in [6.45, 7) is 4.77. The first-order chi connectivity index (χ1) is 30.4. The van der Waals surface area contributed by atoms with Crippen molar-refractivity contribution in [1.29, 1.82) is 0 Å². The molecule has 0 saturated carbocycles. The van der Waals surface area contributed by atoms with Crippen LogP contribution in [0.3, 0.4) is 0 Å². The van der Waals surface area contributed by atoms with Gasteiger partial charge in [-0.05, 0) is 74.5 Å². The zero-order chi connectivity index (χ0) is 46.3. The van der Waals surface area contributed by atoms with Gasteiger partial charge in [0.25, 0.3) is 43.9 Å². The van der Waals surface area contributed by atoms with E-state index in [-0.39, 0.29) is 82.9 Å². The second-order valence-corrected chi connectivity index (χ2v) is 17.6. The summed E-state index contributed by atoms with van der Waals surface area (Å²) in [6.07, 6.45) is 0. The van der Waals surface area contributed by atoms with Gasteiger partial charge in [-0.25, -0.2) is 8.78 Å². The molecule has 0 spiro atoms. The lowest BCUT2D eigenvalue weighted by atomic mass is 9.86. The van der Waals surface area contributed by atoms with Crippen molar-refractivity contribution in [3.8, 4) is 0 Å². The summed E-state index contributed by atoms with van der Waals surface area (Å²) < 4.78 is 86.9. The largest absolute Gasteiger partial charge is 0.311 e. The quantitative estimate of drug-likeness (QED) is 0.0600. The van der Waals surface area contributed by atoms with Gasteiger partial charge in [0.05, 0.1) is 9.79 Å². The number of nitrogens with zero attached hydrogens (tertiary/aromatic N) is 2. The normalized spacial score (nSPS) is 13.3. The number of imide groups is 2. The summed E-state index contributed by atoms with van der Waals surface area (Å²) in [6, 6.07) is 30.7. The molecule has 0 aliphatic carbocycles. The van der Waals surface area contributed by atoms with Crippen molar-refractivity contribution in [3.63, 3.8) is 0 Å². The summed E-state index contributed by atoms with van der Waals surface area (Å²) >= 11 is 0. The molecule has 4 N–H and O–H groups in total. The fraction of sp³-hybridized carbons (Fsp3) is 0.174. The van der Waals surface area contributed by atoms with E-state index >= 15 is 0 Å². The molecule has 6 aromatic carbocycles. The maximum Gasteiger partial charge on any atom is 0.294 e. The lowest BCUT2D eigenvalue weighted by molar-refractivity contribution is 0.0590. The molecule has 2 aliphatic rings. The fourth-order valence-electron chi connectivity index (χ4n) is 6.91. The van der Waals surface area contributed by atoms with Crippen molar-refractivity contribution < 1.29 is 53.9 Å². The Labute approximate surface area is 368 Å². The van der Waals surface area contributed by atoms with Gasteiger partial charge in [0.15, 0.2) is 0 Å². The van der Waals surface area contributed by atoms with E-state index in [2.05, 4.69) is 10.6 Å². The predicted molar refractivity (Wildman–Crippen MR) is 233 cm³/mol. The second kappa shape index (κ2) is 19.9. The van der Waals surface area contributed by atoms with E-state index in [4.69, 9.17) is 9.11 Å². The summed E-state index contributed by atoms with van der Waals surface area (Å²) in [5.41, 5.74) is 3.81. The number of hydrogen-bond acceptors (Lipinski definition) is 10. The Kier molecular flexibility index (Phi) is 14.6. The molecule has 6 aromatic rings. The van der Waals surface area contributed by atoms with Crippen LogP contribution in [0.15, 0.2) is 131 Å². The third-order valence-corrected chi connectivity index (χ3v) is 12.0. The zero-order valence-electron chi connectivity index (χ0n) is 34.4. The Balaban J connectivity index is 0.000000252. The third-order valence-electron chi connectivity index (χ3n) is 10.3. The smallest absolute Gasteiger partial charge is 0.294 e. The maximum atomic E-state index is 13.9. The maximum absolute atomic E-state index is 13.9. The number of nitrogens with one attached hydrogen (secondary N) is 2. The number of amides is 4. The number of benzene rings is 6. The molecule has 4 amide bonds. The van der Waals surface area contributed by atoms with E-state index in [1.807, 2.05) is 13.8 Å². The Hall–Kier alpha value is -6.54. The lowest BCUT2D eigenvalue weighted by Gasteiger charge is -2.32. The number of carbonyl (C=O) groups is 4. The summed E-state index contributed by atoms with van der Waals surface area (Å²) in [5.74, 6) is -2.78. The van der Waals surface area contributed by atoms with Gasteiger partial charge in [-0.2, -0.15) is 16.8 Å². The average molecular weight is 913 g/mol. The van der Waals surface area contributed by atoms with Crippen molar-refractivity contribution in [2.45, 2.75) is 36.7 Å². The minimum Gasteiger partial charge on any atom is -0.311 e. The highest BCUT2D eigenvalue weighted by atomic mass is 32.2. The fourth-order valence-corrected chi connectivity index (χ4v) is 7.87. The van der Waals surface area contributed by atoms with Gasteiger partial charge in [-0.1, -0.05) is 71.8 Å². The van der Waals surface area contributed by atoms with Gasteiger partial charge < -0.3 is 10.6 Å². The summed E-state index contributed by atoms with van der Waals surface area (Å²) in [5, 5.41) is 6.72. The van der Waals surface area contributed by atoms with Crippen LogP contribution in [0.2, 0.25) is 0 Å². The Bertz CT molecular complexity index is 2710. The molecular formula is C46H42F2N4O10S2. The Morgan fingerprint density at radius 3 is 1.05 bits per heavy atom. The van der Waals surface area contributed by atoms with Crippen molar-refractivity contribution in [1.82, 2.24) is 20.4 Å². The minimum absolute atomic E-state index is 0.0576. The molecule has 64 heavy (non-hydrogen) atoms. The number of rotatable bonds is 12. The van der Waals surface area contributed by atoms with Crippen LogP contribution in [0.5, 0.6) is 0 Å². The molecule has 0 bridgehead atoms. The van der Waals surface area contributed by atoms with Crippen molar-refractivity contribution in [2.75, 3.05) is 26.2 Å². The molecule has 0 fully saturated rings. The number of hydrogen-bond donors (Lipinski definition) is 4. The first-order valence-corrected chi connectivity index (χ1v) is 22.5. The molecule has 0 aromatic heterocycles. The number of halogens is 2. The zero-order valence-corrected chi connectivity index (χ0v) is 36.0. The van der Waals surface area contributed by atoms with Gasteiger partial charge in [0.2, 0.25) is 0 Å². The van der Waals surface area contributed by atoms with E-state index in [1.165, 1.54) is 60.7 Å². The van der Waals surface area contributed by atoms with Crippen LogP contribution in [0.4, 0.5) is 8.78 Å². The molecule has 0 saturated heterocycles. The molecular weight excluding hydrogens is 871 g/mol. The van der Waals surface area contributed by atoms with Crippen molar-refractivity contribution in [2.24, 2.45) is 0 Å². The number of aryl methyl sites for hydroxylation is 2. The highest BCUT2D eigenvalue weighted by molar-refractivity contribution is 7.86. The van der Waals surface area contributed by atoms with Gasteiger partial charge in [0.1, 0.15) is 11.6 Å². The first kappa shape index (κ1) is 47.0. The van der Waals surface area contributed by atoms with Crippen LogP contribution in [-0.2, 0) is 33.3 Å². The summed E-state index contributed by atoms with van der Waals surface area (Å²) in [4.78, 5) is 55.7. The predicted octanol–water partition coefficient (Wildman–Crippen LogP) is 6.37. The molecule has 0 unspecified atom stereocenters. The highest BCUT2D eigenvalue weighted by Gasteiger charge is 2.39. The minimum atomic E-state index is -4.02. The van der Waals surface area contributed by atoms with E-state index in [0.717, 1.165) is 20.9 Å². The molecule has 2 aliphatic heterocycles. The van der Waals surface area contributed by atoms with Crippen molar-refractivity contribution in [3.05, 3.63) is 177 Å². The number of carbonyl (C=O) groups excluding carboxylic acids is 4. The average Bonchev–Trinajstić information content (AvgIpc) is 3.25. The topological polar surface area (TPSA) is 208 Å². The first-order valence-electron chi connectivity index (χ1n) is 19.7. The lowest BCUT2D eigenvalue weighted by Crippen LogP contribution is -2.46. The standard InChI is InChI=1S/C32H26F2N4O4.2C7H8O3S/c33-25-7-3-1-5-19(25)17-35-13-15-37-29(39)21-9-11-23-28-24(12-10-22(27(21)28)30(37)40)32(42)38(31(23)41)16-14-36-18-20-6-2-4-8-26(20)34;2*1-6-2-4-7(5-3-6)11(8,9)10/h1-12,35-36H,13-18H2;2*2-5H,1H3,(H,8,9,10). The van der Waals surface area contributed by atoms with E-state index < -0.39 is 43.9 Å². The van der Waals surface area contributed by atoms with Crippen LogP contribution < -0.4 is 10.6 Å².